The van der Waals surface area contributed by atoms with E-state index in [2.05, 4.69) is 15.5 Å². The van der Waals surface area contributed by atoms with E-state index in [0.29, 0.717) is 5.75 Å². The summed E-state index contributed by atoms with van der Waals surface area (Å²) in [7, 11) is 0. The lowest BCUT2D eigenvalue weighted by atomic mass is 10.2. The molecule has 3 N–H and O–H groups in total. The summed E-state index contributed by atoms with van der Waals surface area (Å²) in [4.78, 5) is 0. The minimum atomic E-state index is 0.291. The van der Waals surface area contributed by atoms with Crippen LogP contribution in [0.5, 0.6) is 5.75 Å². The fourth-order valence-corrected chi connectivity index (χ4v) is 1.62. The minimum absolute atomic E-state index is 0.291. The first-order chi connectivity index (χ1) is 7.66. The predicted octanol–water partition coefficient (Wildman–Crippen LogP) is 2.34. The van der Waals surface area contributed by atoms with Crippen molar-refractivity contribution in [1.29, 1.82) is 0 Å². The van der Waals surface area contributed by atoms with Crippen molar-refractivity contribution in [2.75, 3.05) is 5.32 Å². The van der Waals surface area contributed by atoms with Gasteiger partial charge in [-0.1, -0.05) is 12.1 Å². The monoisotopic (exact) mass is 217 g/mol. The third kappa shape index (κ3) is 2.16. The molecule has 0 aliphatic heterocycles. The van der Waals surface area contributed by atoms with Crippen molar-refractivity contribution >= 4 is 5.69 Å². The molecule has 0 radical (unpaired) electrons. The smallest absolute Gasteiger partial charge is 0.115 e. The molecule has 0 amide bonds. The Morgan fingerprint density at radius 1 is 1.25 bits per heavy atom. The molecule has 0 saturated carbocycles. The number of aromatic hydroxyl groups is 1. The quantitative estimate of drug-likeness (QED) is 0.739. The van der Waals surface area contributed by atoms with Crippen LogP contribution in [0.3, 0.4) is 0 Å². The zero-order chi connectivity index (χ0) is 11.5. The summed E-state index contributed by atoms with van der Waals surface area (Å²) in [5.41, 5.74) is 4.18. The Morgan fingerprint density at radius 2 is 1.94 bits per heavy atom. The molecule has 1 aromatic carbocycles. The van der Waals surface area contributed by atoms with Gasteiger partial charge in [-0.05, 0) is 31.5 Å². The van der Waals surface area contributed by atoms with Crippen LogP contribution in [0.4, 0.5) is 5.69 Å². The van der Waals surface area contributed by atoms with Gasteiger partial charge in [0, 0.05) is 6.54 Å². The molecule has 1 heterocycles. The van der Waals surface area contributed by atoms with Crippen LogP contribution in [-0.2, 0) is 6.54 Å². The second kappa shape index (κ2) is 4.26. The number of phenols is 1. The summed E-state index contributed by atoms with van der Waals surface area (Å²) >= 11 is 0. The molecule has 0 fully saturated rings. The first-order valence-corrected chi connectivity index (χ1v) is 5.20. The summed E-state index contributed by atoms with van der Waals surface area (Å²) in [5, 5.41) is 19.5. The lowest BCUT2D eigenvalue weighted by Gasteiger charge is -2.06. The van der Waals surface area contributed by atoms with E-state index in [-0.39, 0.29) is 0 Å². The van der Waals surface area contributed by atoms with Gasteiger partial charge in [0.15, 0.2) is 0 Å². The van der Waals surface area contributed by atoms with Crippen LogP contribution in [0.1, 0.15) is 17.0 Å². The number of nitrogens with zero attached hydrogens (tertiary/aromatic N) is 1. The maximum Gasteiger partial charge on any atom is 0.115 e. The Bertz CT molecular complexity index is 454. The average molecular weight is 217 g/mol. The molecule has 0 spiro atoms. The number of nitrogens with one attached hydrogen (secondary N) is 2. The maximum atomic E-state index is 9.16. The molecule has 1 aromatic heterocycles. The highest BCUT2D eigenvalue weighted by atomic mass is 16.3. The van der Waals surface area contributed by atoms with E-state index >= 15 is 0 Å². The van der Waals surface area contributed by atoms with Gasteiger partial charge in [-0.3, -0.25) is 5.10 Å². The van der Waals surface area contributed by atoms with Crippen LogP contribution in [0, 0.1) is 13.8 Å². The number of rotatable bonds is 3. The lowest BCUT2D eigenvalue weighted by molar-refractivity contribution is 0.475. The number of aryl methyl sites for hydroxylation is 2. The van der Waals surface area contributed by atoms with Crippen molar-refractivity contribution in [3.8, 4) is 5.75 Å². The molecule has 2 rings (SSSR count). The molecule has 0 atom stereocenters. The first kappa shape index (κ1) is 10.5. The van der Waals surface area contributed by atoms with Gasteiger partial charge in [-0.15, -0.1) is 0 Å². The van der Waals surface area contributed by atoms with E-state index in [1.165, 1.54) is 0 Å². The summed E-state index contributed by atoms with van der Waals surface area (Å²) in [5.74, 6) is 0.291. The Hall–Kier alpha value is -1.97. The summed E-state index contributed by atoms with van der Waals surface area (Å²) in [6.45, 7) is 4.67. The molecule has 16 heavy (non-hydrogen) atoms. The van der Waals surface area contributed by atoms with E-state index in [4.69, 9.17) is 5.11 Å². The van der Waals surface area contributed by atoms with E-state index in [1.807, 2.05) is 26.0 Å². The van der Waals surface area contributed by atoms with E-state index in [9.17, 15) is 0 Å². The molecular weight excluding hydrogens is 202 g/mol. The van der Waals surface area contributed by atoms with Crippen LogP contribution in [0.15, 0.2) is 24.3 Å². The molecule has 0 bridgehead atoms. The third-order valence-corrected chi connectivity index (χ3v) is 2.53. The summed E-state index contributed by atoms with van der Waals surface area (Å²) in [6.07, 6.45) is 0. The zero-order valence-electron chi connectivity index (χ0n) is 9.41. The van der Waals surface area contributed by atoms with Crippen molar-refractivity contribution in [3.05, 3.63) is 41.2 Å². The van der Waals surface area contributed by atoms with Crippen LogP contribution in [0.25, 0.3) is 0 Å². The van der Waals surface area contributed by atoms with Crippen molar-refractivity contribution in [2.24, 2.45) is 0 Å². The van der Waals surface area contributed by atoms with Crippen LogP contribution in [-0.4, -0.2) is 15.3 Å². The van der Waals surface area contributed by atoms with Crippen molar-refractivity contribution in [3.63, 3.8) is 0 Å². The standard InChI is InChI=1S/C12H15N3O/c1-8-12(9(2)15-14-8)13-7-10-3-5-11(16)6-4-10/h3-6,13,16H,7H2,1-2H3,(H,14,15). The molecule has 2 aromatic rings. The fraction of sp³-hybridized carbons (Fsp3) is 0.250. The molecule has 4 nitrogen and oxygen atoms in total. The number of aromatic nitrogens is 2. The highest BCUT2D eigenvalue weighted by Gasteiger charge is 2.04. The average Bonchev–Trinajstić information content (AvgIpc) is 2.59. The third-order valence-electron chi connectivity index (χ3n) is 2.53. The van der Waals surface area contributed by atoms with Gasteiger partial charge in [0.05, 0.1) is 17.1 Å². The molecule has 0 aliphatic rings. The van der Waals surface area contributed by atoms with Crippen LogP contribution >= 0.6 is 0 Å². The van der Waals surface area contributed by atoms with E-state index in [0.717, 1.165) is 29.2 Å². The van der Waals surface area contributed by atoms with E-state index in [1.54, 1.807) is 12.1 Å². The minimum Gasteiger partial charge on any atom is -0.508 e. The van der Waals surface area contributed by atoms with Gasteiger partial charge in [-0.2, -0.15) is 5.10 Å². The number of H-pyrrole nitrogens is 1. The van der Waals surface area contributed by atoms with Crippen LogP contribution in [0.2, 0.25) is 0 Å². The fourth-order valence-electron chi connectivity index (χ4n) is 1.62. The normalized spacial score (nSPS) is 10.4. The Balaban J connectivity index is 2.05. The number of anilines is 1. The summed E-state index contributed by atoms with van der Waals surface area (Å²) in [6, 6.07) is 7.17. The van der Waals surface area contributed by atoms with E-state index < -0.39 is 0 Å². The number of phenolic OH excluding ortho intramolecular Hbond substituents is 1. The van der Waals surface area contributed by atoms with Gasteiger partial charge in [-0.25, -0.2) is 0 Å². The molecule has 0 unspecified atom stereocenters. The second-order valence-corrected chi connectivity index (χ2v) is 3.83. The van der Waals surface area contributed by atoms with Gasteiger partial charge < -0.3 is 10.4 Å². The SMILES string of the molecule is Cc1n[nH]c(C)c1NCc1ccc(O)cc1. The molecule has 4 heteroatoms. The topological polar surface area (TPSA) is 60.9 Å². The van der Waals surface area contributed by atoms with Crippen LogP contribution < -0.4 is 5.32 Å². The Morgan fingerprint density at radius 3 is 2.50 bits per heavy atom. The maximum absolute atomic E-state index is 9.16. The molecule has 0 saturated heterocycles. The predicted molar refractivity (Wildman–Crippen MR) is 63.5 cm³/mol. The van der Waals surface area contributed by atoms with Crippen molar-refractivity contribution in [2.45, 2.75) is 20.4 Å². The number of hydrogen-bond acceptors (Lipinski definition) is 3. The molecule has 84 valence electrons. The number of hydrogen-bond donors (Lipinski definition) is 3. The first-order valence-electron chi connectivity index (χ1n) is 5.20. The highest BCUT2D eigenvalue weighted by molar-refractivity contribution is 5.51. The lowest BCUT2D eigenvalue weighted by Crippen LogP contribution is -2.00. The van der Waals surface area contributed by atoms with Gasteiger partial charge in [0.25, 0.3) is 0 Å². The Labute approximate surface area is 94.3 Å². The van der Waals surface area contributed by atoms with Crippen molar-refractivity contribution < 1.29 is 5.11 Å². The number of aromatic amines is 1. The second-order valence-electron chi connectivity index (χ2n) is 3.83. The van der Waals surface area contributed by atoms with Gasteiger partial charge in [0.2, 0.25) is 0 Å². The zero-order valence-corrected chi connectivity index (χ0v) is 9.41. The molecular formula is C12H15N3O. The van der Waals surface area contributed by atoms with Gasteiger partial charge >= 0.3 is 0 Å². The number of benzene rings is 1. The van der Waals surface area contributed by atoms with Gasteiger partial charge in [0.1, 0.15) is 5.75 Å². The summed E-state index contributed by atoms with van der Waals surface area (Å²) < 4.78 is 0. The highest BCUT2D eigenvalue weighted by Crippen LogP contribution is 2.17. The van der Waals surface area contributed by atoms with Crippen molar-refractivity contribution in [1.82, 2.24) is 10.2 Å². The molecule has 0 aliphatic carbocycles. The largest absolute Gasteiger partial charge is 0.508 e. The Kier molecular flexibility index (Phi) is 2.81.